The van der Waals surface area contributed by atoms with Crippen LogP contribution in [0.1, 0.15) is 12.2 Å². The van der Waals surface area contributed by atoms with Gasteiger partial charge in [-0.1, -0.05) is 12.1 Å². The quantitative estimate of drug-likeness (QED) is 0.379. The maximum atomic E-state index is 12.2. The fourth-order valence-corrected chi connectivity index (χ4v) is 2.91. The molecule has 3 aromatic heterocycles. The first-order valence-corrected chi connectivity index (χ1v) is 9.00. The van der Waals surface area contributed by atoms with Crippen LogP contribution in [0, 0.1) is 0 Å². The number of phenolic OH excluding ortho intramolecular Hbond substituents is 1. The molecule has 30 heavy (non-hydrogen) atoms. The van der Waals surface area contributed by atoms with Crippen molar-refractivity contribution < 1.29 is 9.90 Å². The number of hydrogen-bond donors (Lipinski definition) is 4. The standard InChI is InChI=1S/C19H17N7O4/c1-26-17-15(18(29)25-19(26)30)23-13(24-17)5-6-14(28)22-11-8-20-16(21-9-11)10-3-2-4-12(27)7-10/h2-4,7-9,27H,5-6H2,1H3,(H,22,28)(H,23,24)(H,25,29,30). The number of aryl methyl sites for hydroxylation is 2. The molecule has 1 aromatic carbocycles. The van der Waals surface area contributed by atoms with E-state index in [0.717, 1.165) is 0 Å². The largest absolute Gasteiger partial charge is 0.508 e. The van der Waals surface area contributed by atoms with Crippen LogP contribution in [0.15, 0.2) is 46.2 Å². The van der Waals surface area contributed by atoms with Gasteiger partial charge in [0.1, 0.15) is 17.1 Å². The highest BCUT2D eigenvalue weighted by atomic mass is 16.3. The third kappa shape index (κ3) is 3.81. The Balaban J connectivity index is 1.41. The zero-order valence-corrected chi connectivity index (χ0v) is 15.8. The monoisotopic (exact) mass is 407 g/mol. The summed E-state index contributed by atoms with van der Waals surface area (Å²) in [4.78, 5) is 53.3. The Labute approximate surface area is 168 Å². The minimum Gasteiger partial charge on any atom is -0.508 e. The number of carbonyl (C=O) groups excluding carboxylic acids is 1. The van der Waals surface area contributed by atoms with E-state index in [1.54, 1.807) is 24.3 Å². The lowest BCUT2D eigenvalue weighted by atomic mass is 10.2. The van der Waals surface area contributed by atoms with E-state index in [1.807, 2.05) is 0 Å². The van der Waals surface area contributed by atoms with Crippen molar-refractivity contribution in [3.63, 3.8) is 0 Å². The van der Waals surface area contributed by atoms with E-state index in [1.165, 1.54) is 24.0 Å². The fourth-order valence-electron chi connectivity index (χ4n) is 2.91. The predicted octanol–water partition coefficient (Wildman–Crippen LogP) is 0.684. The summed E-state index contributed by atoms with van der Waals surface area (Å²) >= 11 is 0. The van der Waals surface area contributed by atoms with Gasteiger partial charge in [-0.2, -0.15) is 0 Å². The van der Waals surface area contributed by atoms with Gasteiger partial charge in [-0.25, -0.2) is 19.7 Å². The van der Waals surface area contributed by atoms with Crippen LogP contribution in [0.25, 0.3) is 22.6 Å². The highest BCUT2D eigenvalue weighted by Crippen LogP contribution is 2.20. The van der Waals surface area contributed by atoms with E-state index in [-0.39, 0.29) is 35.7 Å². The molecule has 0 aliphatic rings. The molecule has 4 rings (SSSR count). The van der Waals surface area contributed by atoms with Crippen molar-refractivity contribution in [1.29, 1.82) is 0 Å². The second kappa shape index (κ2) is 7.62. The molecule has 0 saturated carbocycles. The molecule has 0 aliphatic carbocycles. The number of rotatable bonds is 5. The summed E-state index contributed by atoms with van der Waals surface area (Å²) < 4.78 is 1.22. The third-order valence-corrected chi connectivity index (χ3v) is 4.43. The van der Waals surface area contributed by atoms with Gasteiger partial charge in [0.05, 0.1) is 18.1 Å². The van der Waals surface area contributed by atoms with Gasteiger partial charge in [-0.05, 0) is 12.1 Å². The molecule has 11 heteroatoms. The third-order valence-electron chi connectivity index (χ3n) is 4.43. The lowest BCUT2D eigenvalue weighted by Gasteiger charge is -2.05. The number of H-pyrrole nitrogens is 2. The molecular formula is C19H17N7O4. The van der Waals surface area contributed by atoms with Crippen molar-refractivity contribution in [2.45, 2.75) is 12.8 Å². The summed E-state index contributed by atoms with van der Waals surface area (Å²) in [5, 5.41) is 12.2. The van der Waals surface area contributed by atoms with Crippen molar-refractivity contribution in [2.75, 3.05) is 5.32 Å². The normalized spacial score (nSPS) is 11.0. The summed E-state index contributed by atoms with van der Waals surface area (Å²) in [5.41, 5.74) is 0.380. The number of anilines is 1. The molecule has 0 saturated heterocycles. The minimum atomic E-state index is -0.558. The van der Waals surface area contributed by atoms with E-state index < -0.39 is 11.2 Å². The highest BCUT2D eigenvalue weighted by molar-refractivity contribution is 5.90. The van der Waals surface area contributed by atoms with Gasteiger partial charge in [0.2, 0.25) is 5.91 Å². The van der Waals surface area contributed by atoms with E-state index in [0.29, 0.717) is 22.9 Å². The smallest absolute Gasteiger partial charge is 0.329 e. The van der Waals surface area contributed by atoms with Crippen LogP contribution in [0.2, 0.25) is 0 Å². The maximum Gasteiger partial charge on any atom is 0.329 e. The number of amides is 1. The van der Waals surface area contributed by atoms with Crippen LogP contribution in [-0.2, 0) is 18.3 Å². The number of fused-ring (bicyclic) bond motifs is 1. The van der Waals surface area contributed by atoms with E-state index in [9.17, 15) is 19.5 Å². The maximum absolute atomic E-state index is 12.2. The van der Waals surface area contributed by atoms with Gasteiger partial charge in [0.15, 0.2) is 11.5 Å². The number of carbonyl (C=O) groups is 1. The van der Waals surface area contributed by atoms with Crippen molar-refractivity contribution >= 4 is 22.8 Å². The first kappa shape index (κ1) is 19.1. The van der Waals surface area contributed by atoms with Crippen molar-refractivity contribution in [2.24, 2.45) is 7.05 Å². The van der Waals surface area contributed by atoms with Gasteiger partial charge in [0.25, 0.3) is 5.56 Å². The summed E-state index contributed by atoms with van der Waals surface area (Å²) in [6.07, 6.45) is 3.29. The second-order valence-electron chi connectivity index (χ2n) is 6.59. The van der Waals surface area contributed by atoms with Crippen LogP contribution in [0.4, 0.5) is 5.69 Å². The summed E-state index contributed by atoms with van der Waals surface area (Å²) in [6, 6.07) is 6.55. The lowest BCUT2D eigenvalue weighted by molar-refractivity contribution is -0.116. The molecule has 0 atom stereocenters. The minimum absolute atomic E-state index is 0.0972. The first-order chi connectivity index (χ1) is 14.4. The molecule has 0 radical (unpaired) electrons. The van der Waals surface area contributed by atoms with Crippen molar-refractivity contribution in [1.82, 2.24) is 29.5 Å². The Hall–Kier alpha value is -4.28. The summed E-state index contributed by atoms with van der Waals surface area (Å²) in [7, 11) is 1.50. The number of nitrogens with zero attached hydrogens (tertiary/aromatic N) is 4. The predicted molar refractivity (Wildman–Crippen MR) is 108 cm³/mol. The molecule has 11 nitrogen and oxygen atoms in total. The molecular weight excluding hydrogens is 390 g/mol. The molecule has 0 unspecified atom stereocenters. The molecule has 152 valence electrons. The zero-order valence-electron chi connectivity index (χ0n) is 15.8. The average molecular weight is 407 g/mol. The molecule has 1 amide bonds. The highest BCUT2D eigenvalue weighted by Gasteiger charge is 2.12. The van der Waals surface area contributed by atoms with Gasteiger partial charge in [0, 0.05) is 25.5 Å². The van der Waals surface area contributed by atoms with Crippen LogP contribution in [0.3, 0.4) is 0 Å². The zero-order chi connectivity index (χ0) is 21.3. The van der Waals surface area contributed by atoms with Crippen LogP contribution < -0.4 is 16.6 Å². The number of aromatic hydroxyl groups is 1. The van der Waals surface area contributed by atoms with E-state index in [4.69, 9.17) is 0 Å². The van der Waals surface area contributed by atoms with Crippen molar-refractivity contribution in [3.8, 4) is 17.1 Å². The fraction of sp³-hybridized carbons (Fsp3) is 0.158. The molecule has 0 bridgehead atoms. The van der Waals surface area contributed by atoms with Crippen molar-refractivity contribution in [3.05, 3.63) is 63.3 Å². The van der Waals surface area contributed by atoms with Gasteiger partial charge < -0.3 is 15.4 Å². The average Bonchev–Trinajstić information content (AvgIpc) is 3.16. The molecule has 0 fully saturated rings. The number of imidazole rings is 1. The first-order valence-electron chi connectivity index (χ1n) is 9.00. The topological polar surface area (TPSA) is 159 Å². The van der Waals surface area contributed by atoms with E-state index in [2.05, 4.69) is 30.2 Å². The Kier molecular flexibility index (Phi) is 4.84. The number of nitrogens with one attached hydrogen (secondary N) is 3. The van der Waals surface area contributed by atoms with Gasteiger partial charge in [-0.3, -0.25) is 19.1 Å². The molecule has 4 aromatic rings. The Morgan fingerprint density at radius 3 is 2.70 bits per heavy atom. The molecule has 3 heterocycles. The SMILES string of the molecule is Cn1c(=O)[nH]c(=O)c2[nH]c(CCC(=O)Nc3cnc(-c4cccc(O)c4)nc3)nc21. The number of hydrogen-bond acceptors (Lipinski definition) is 7. The summed E-state index contributed by atoms with van der Waals surface area (Å²) in [6.45, 7) is 0. The number of aromatic amines is 2. The summed E-state index contributed by atoms with van der Waals surface area (Å²) in [5.74, 6) is 0.664. The van der Waals surface area contributed by atoms with Gasteiger partial charge >= 0.3 is 5.69 Å². The Bertz CT molecular complexity index is 1350. The lowest BCUT2D eigenvalue weighted by Crippen LogP contribution is -2.28. The molecule has 0 spiro atoms. The Morgan fingerprint density at radius 1 is 1.20 bits per heavy atom. The van der Waals surface area contributed by atoms with Crippen LogP contribution >= 0.6 is 0 Å². The van der Waals surface area contributed by atoms with E-state index >= 15 is 0 Å². The van der Waals surface area contributed by atoms with Crippen LogP contribution in [-0.4, -0.2) is 40.5 Å². The number of phenols is 1. The second-order valence-corrected chi connectivity index (χ2v) is 6.59. The molecule has 0 aliphatic heterocycles. The Morgan fingerprint density at radius 2 is 1.97 bits per heavy atom. The number of benzene rings is 1. The van der Waals surface area contributed by atoms with Crippen LogP contribution in [0.5, 0.6) is 5.75 Å². The number of aromatic nitrogens is 6. The molecule has 4 N–H and O–H groups in total. The van der Waals surface area contributed by atoms with Gasteiger partial charge in [-0.15, -0.1) is 0 Å².